The number of carbonyl (C=O) groups excluding carboxylic acids is 1. The summed E-state index contributed by atoms with van der Waals surface area (Å²) in [6.07, 6.45) is 10.2. The zero-order valence-corrected chi connectivity index (χ0v) is 18.3. The highest BCUT2D eigenvalue weighted by Gasteiger charge is 2.44. The van der Waals surface area contributed by atoms with Gasteiger partial charge in [-0.2, -0.15) is 0 Å². The Hall–Kier alpha value is -2.50. The Balaban J connectivity index is 1.64. The van der Waals surface area contributed by atoms with Crippen LogP contribution in [0.25, 0.3) is 11.1 Å². The molecule has 164 valence electrons. The molecule has 2 aromatic rings. The molecule has 2 fully saturated rings. The van der Waals surface area contributed by atoms with Crippen LogP contribution in [0.4, 0.5) is 0 Å². The highest BCUT2D eigenvalue weighted by molar-refractivity contribution is 5.84. The number of rotatable bonds is 7. The summed E-state index contributed by atoms with van der Waals surface area (Å²) in [6.45, 7) is 7.78. The SMILES string of the molecule is C=CCNC(=O)C1(Cc2ccccc2-c2cccnc2)CCCN(C2CCOCC2)C1. The van der Waals surface area contributed by atoms with Crippen molar-refractivity contribution in [3.63, 3.8) is 0 Å². The van der Waals surface area contributed by atoms with E-state index in [1.165, 1.54) is 5.56 Å². The molecule has 5 nitrogen and oxygen atoms in total. The van der Waals surface area contributed by atoms with Gasteiger partial charge < -0.3 is 10.1 Å². The largest absolute Gasteiger partial charge is 0.381 e. The second-order valence-electron chi connectivity index (χ2n) is 8.77. The maximum Gasteiger partial charge on any atom is 0.228 e. The van der Waals surface area contributed by atoms with E-state index in [0.29, 0.717) is 12.6 Å². The first-order valence-electron chi connectivity index (χ1n) is 11.4. The Kier molecular flexibility index (Phi) is 7.15. The van der Waals surface area contributed by atoms with Gasteiger partial charge in [-0.15, -0.1) is 6.58 Å². The molecule has 0 aliphatic carbocycles. The molecule has 1 atom stereocenters. The summed E-state index contributed by atoms with van der Waals surface area (Å²) in [5, 5.41) is 3.13. The minimum atomic E-state index is -0.447. The third-order valence-corrected chi connectivity index (χ3v) is 6.72. The number of pyridine rings is 1. The van der Waals surface area contributed by atoms with Crippen LogP contribution >= 0.6 is 0 Å². The zero-order valence-electron chi connectivity index (χ0n) is 18.3. The van der Waals surface area contributed by atoms with Gasteiger partial charge in [-0.1, -0.05) is 36.4 Å². The van der Waals surface area contributed by atoms with Crippen LogP contribution in [0, 0.1) is 5.41 Å². The van der Waals surface area contributed by atoms with Gasteiger partial charge in [-0.25, -0.2) is 0 Å². The molecule has 5 heteroatoms. The van der Waals surface area contributed by atoms with Crippen molar-refractivity contribution in [3.05, 3.63) is 67.0 Å². The smallest absolute Gasteiger partial charge is 0.228 e. The molecular formula is C26H33N3O2. The first kappa shape index (κ1) is 21.7. The zero-order chi connectivity index (χ0) is 21.5. The highest BCUT2D eigenvalue weighted by atomic mass is 16.5. The number of hydrogen-bond donors (Lipinski definition) is 1. The third kappa shape index (κ3) is 5.05. The van der Waals surface area contributed by atoms with Crippen molar-refractivity contribution in [2.45, 2.75) is 38.1 Å². The van der Waals surface area contributed by atoms with Gasteiger partial charge in [-0.3, -0.25) is 14.7 Å². The molecule has 0 bridgehead atoms. The molecular weight excluding hydrogens is 386 g/mol. The Morgan fingerprint density at radius 1 is 1.26 bits per heavy atom. The Morgan fingerprint density at radius 3 is 2.87 bits per heavy atom. The van der Waals surface area contributed by atoms with Gasteiger partial charge in [0.2, 0.25) is 5.91 Å². The summed E-state index contributed by atoms with van der Waals surface area (Å²) >= 11 is 0. The molecule has 2 aliphatic heterocycles. The van der Waals surface area contributed by atoms with Gasteiger partial charge in [0.1, 0.15) is 0 Å². The fourth-order valence-corrected chi connectivity index (χ4v) is 5.13. The van der Waals surface area contributed by atoms with E-state index < -0.39 is 5.41 Å². The van der Waals surface area contributed by atoms with Gasteiger partial charge in [-0.05, 0) is 55.8 Å². The number of nitrogens with one attached hydrogen (secondary N) is 1. The summed E-state index contributed by atoms with van der Waals surface area (Å²) in [4.78, 5) is 20.4. The molecule has 3 heterocycles. The van der Waals surface area contributed by atoms with Crippen LogP contribution in [-0.4, -0.2) is 54.7 Å². The molecule has 1 aromatic heterocycles. The number of carbonyl (C=O) groups is 1. The summed E-state index contributed by atoms with van der Waals surface area (Å²) in [5.41, 5.74) is 3.02. The van der Waals surface area contributed by atoms with Crippen LogP contribution in [0.3, 0.4) is 0 Å². The summed E-state index contributed by atoms with van der Waals surface area (Å²) in [7, 11) is 0. The van der Waals surface area contributed by atoms with Crippen molar-refractivity contribution in [1.29, 1.82) is 0 Å². The molecule has 4 rings (SSSR count). The summed E-state index contributed by atoms with van der Waals surface area (Å²) in [5.74, 6) is 0.144. The molecule has 0 radical (unpaired) electrons. The number of benzene rings is 1. The lowest BCUT2D eigenvalue weighted by Crippen LogP contribution is -2.56. The Bertz CT molecular complexity index is 879. The Morgan fingerprint density at radius 2 is 2.10 bits per heavy atom. The van der Waals surface area contributed by atoms with E-state index >= 15 is 0 Å². The van der Waals surface area contributed by atoms with Gasteiger partial charge in [0, 0.05) is 50.3 Å². The van der Waals surface area contributed by atoms with Crippen LogP contribution in [0.5, 0.6) is 0 Å². The summed E-state index contributed by atoms with van der Waals surface area (Å²) in [6, 6.07) is 13.0. The second kappa shape index (κ2) is 10.2. The normalized spacial score (nSPS) is 22.7. The second-order valence-corrected chi connectivity index (χ2v) is 8.77. The van der Waals surface area contributed by atoms with Gasteiger partial charge >= 0.3 is 0 Å². The monoisotopic (exact) mass is 419 g/mol. The van der Waals surface area contributed by atoms with Crippen molar-refractivity contribution in [1.82, 2.24) is 15.2 Å². The highest BCUT2D eigenvalue weighted by Crippen LogP contribution is 2.38. The molecule has 1 aromatic carbocycles. The number of likely N-dealkylation sites (tertiary alicyclic amines) is 1. The average molecular weight is 420 g/mol. The van der Waals surface area contributed by atoms with Crippen LogP contribution in [-0.2, 0) is 16.0 Å². The van der Waals surface area contributed by atoms with Crippen molar-refractivity contribution < 1.29 is 9.53 Å². The van der Waals surface area contributed by atoms with Crippen molar-refractivity contribution in [3.8, 4) is 11.1 Å². The first-order valence-corrected chi connectivity index (χ1v) is 11.4. The molecule has 0 saturated carbocycles. The number of nitrogens with zero attached hydrogens (tertiary/aromatic N) is 2. The van der Waals surface area contributed by atoms with E-state index in [1.54, 1.807) is 12.3 Å². The van der Waals surface area contributed by atoms with Gasteiger partial charge in [0.15, 0.2) is 0 Å². The van der Waals surface area contributed by atoms with Gasteiger partial charge in [0.05, 0.1) is 5.41 Å². The van der Waals surface area contributed by atoms with E-state index in [0.717, 1.165) is 69.5 Å². The minimum absolute atomic E-state index is 0.144. The van der Waals surface area contributed by atoms with E-state index in [1.807, 2.05) is 12.3 Å². The maximum atomic E-state index is 13.5. The van der Waals surface area contributed by atoms with Crippen LogP contribution < -0.4 is 5.32 Å². The van der Waals surface area contributed by atoms with E-state index in [-0.39, 0.29) is 5.91 Å². The number of piperidine rings is 1. The van der Waals surface area contributed by atoms with Gasteiger partial charge in [0.25, 0.3) is 0 Å². The molecule has 0 spiro atoms. The molecule has 1 unspecified atom stereocenters. The number of ether oxygens (including phenoxy) is 1. The molecule has 1 amide bonds. The maximum absolute atomic E-state index is 13.5. The van der Waals surface area contributed by atoms with Crippen LogP contribution in [0.2, 0.25) is 0 Å². The lowest BCUT2D eigenvalue weighted by Gasteiger charge is -2.46. The Labute approximate surface area is 185 Å². The van der Waals surface area contributed by atoms with E-state index in [2.05, 4.69) is 52.1 Å². The molecule has 1 N–H and O–H groups in total. The first-order chi connectivity index (χ1) is 15.2. The van der Waals surface area contributed by atoms with Crippen molar-refractivity contribution >= 4 is 5.91 Å². The topological polar surface area (TPSA) is 54.5 Å². The predicted molar refractivity (Wildman–Crippen MR) is 124 cm³/mol. The number of amides is 1. The quantitative estimate of drug-likeness (QED) is 0.693. The predicted octanol–water partition coefficient (Wildman–Crippen LogP) is 3.85. The lowest BCUT2D eigenvalue weighted by molar-refractivity contribution is -0.135. The van der Waals surface area contributed by atoms with E-state index in [4.69, 9.17) is 4.74 Å². The third-order valence-electron chi connectivity index (χ3n) is 6.72. The fraction of sp³-hybridized carbons (Fsp3) is 0.462. The fourth-order valence-electron chi connectivity index (χ4n) is 5.13. The van der Waals surface area contributed by atoms with Crippen molar-refractivity contribution in [2.75, 3.05) is 32.8 Å². The van der Waals surface area contributed by atoms with Crippen molar-refractivity contribution in [2.24, 2.45) is 5.41 Å². The van der Waals surface area contributed by atoms with Crippen LogP contribution in [0.1, 0.15) is 31.2 Å². The minimum Gasteiger partial charge on any atom is -0.381 e. The molecule has 31 heavy (non-hydrogen) atoms. The van der Waals surface area contributed by atoms with E-state index in [9.17, 15) is 4.79 Å². The molecule has 2 aliphatic rings. The number of hydrogen-bond acceptors (Lipinski definition) is 4. The van der Waals surface area contributed by atoms with Crippen LogP contribution in [0.15, 0.2) is 61.4 Å². The standard InChI is InChI=1S/C26H33N3O2/c1-2-13-28-25(30)26(12-6-15-29(20-26)23-10-16-31-17-11-23)18-21-7-3-4-9-24(21)22-8-5-14-27-19-22/h2-5,7-9,14,19,23H,1,6,10-13,15-18,20H2,(H,28,30). The average Bonchev–Trinajstić information content (AvgIpc) is 2.84. The summed E-state index contributed by atoms with van der Waals surface area (Å²) < 4.78 is 5.58. The number of aromatic nitrogens is 1. The lowest BCUT2D eigenvalue weighted by atomic mass is 9.72. The molecule has 2 saturated heterocycles.